The van der Waals surface area contributed by atoms with Crippen LogP contribution in [0.4, 0.5) is 0 Å². The van der Waals surface area contributed by atoms with E-state index >= 15 is 0 Å². The van der Waals surface area contributed by atoms with Crippen LogP contribution in [-0.4, -0.2) is 12.9 Å². The van der Waals surface area contributed by atoms with Crippen molar-refractivity contribution in [1.82, 2.24) is 0 Å². The number of rotatable bonds is 4. The molecule has 2 rings (SSSR count). The first kappa shape index (κ1) is 14.3. The molecule has 0 aliphatic heterocycles. The number of hydrogen-bond donors (Lipinski definition) is 0. The lowest BCUT2D eigenvalue weighted by Gasteiger charge is -2.05. The zero-order chi connectivity index (χ0) is 13.8. The Morgan fingerprint density at radius 3 is 2.42 bits per heavy atom. The molecule has 19 heavy (non-hydrogen) atoms. The fraction of sp³-hybridized carbons (Fsp3) is 0.133. The molecule has 98 valence electrons. The van der Waals surface area contributed by atoms with Crippen LogP contribution < -0.4 is 4.74 Å². The molecule has 0 saturated carbocycles. The van der Waals surface area contributed by atoms with Gasteiger partial charge in [-0.3, -0.25) is 4.79 Å². The number of benzene rings is 2. The predicted molar refractivity (Wildman–Crippen MR) is 82.9 cm³/mol. The molecule has 4 heteroatoms. The third-order valence-corrected chi connectivity index (χ3v) is 3.60. The molecule has 2 nitrogen and oxygen atoms in total. The van der Waals surface area contributed by atoms with Crippen LogP contribution in [0, 0.1) is 0 Å². The summed E-state index contributed by atoms with van der Waals surface area (Å²) in [5.41, 5.74) is 1.63. The summed E-state index contributed by atoms with van der Waals surface area (Å²) in [5, 5.41) is 0. The quantitative estimate of drug-likeness (QED) is 0.718. The van der Waals surface area contributed by atoms with E-state index in [1.54, 1.807) is 7.11 Å². The molecular formula is C15H12Br2O2. The summed E-state index contributed by atoms with van der Waals surface area (Å²) in [4.78, 5) is 12.2. The largest absolute Gasteiger partial charge is 0.497 e. The summed E-state index contributed by atoms with van der Waals surface area (Å²) < 4.78 is 6.92. The fourth-order valence-electron chi connectivity index (χ4n) is 1.78. The summed E-state index contributed by atoms with van der Waals surface area (Å²) in [6.45, 7) is 0. The molecule has 0 heterocycles. The lowest BCUT2D eigenvalue weighted by molar-refractivity contribution is 0.0993. The van der Waals surface area contributed by atoms with Gasteiger partial charge in [0.2, 0.25) is 0 Å². The second-order valence-corrected chi connectivity index (χ2v) is 5.94. The standard InChI is InChI=1S/C15H12Br2O2/c1-19-14-4-2-3-10(5-14)6-15(18)11-7-12(16)9-13(17)8-11/h2-5,7-9H,6H2,1H3. The van der Waals surface area contributed by atoms with Crippen LogP contribution in [0.1, 0.15) is 15.9 Å². The van der Waals surface area contributed by atoms with Crippen LogP contribution in [0.25, 0.3) is 0 Å². The molecule has 0 bridgehead atoms. The highest BCUT2D eigenvalue weighted by atomic mass is 79.9. The van der Waals surface area contributed by atoms with Crippen LogP contribution in [0.15, 0.2) is 51.4 Å². The number of methoxy groups -OCH3 is 1. The third-order valence-electron chi connectivity index (χ3n) is 2.68. The Morgan fingerprint density at radius 1 is 1.11 bits per heavy atom. The molecule has 0 radical (unpaired) electrons. The Hall–Kier alpha value is -1.13. The van der Waals surface area contributed by atoms with Gasteiger partial charge < -0.3 is 4.74 Å². The lowest BCUT2D eigenvalue weighted by atomic mass is 10.0. The van der Waals surface area contributed by atoms with E-state index in [9.17, 15) is 4.79 Å². The minimum Gasteiger partial charge on any atom is -0.497 e. The Labute approximate surface area is 129 Å². The van der Waals surface area contributed by atoms with Crippen molar-refractivity contribution in [3.63, 3.8) is 0 Å². The van der Waals surface area contributed by atoms with E-state index < -0.39 is 0 Å². The number of ketones is 1. The van der Waals surface area contributed by atoms with E-state index in [0.717, 1.165) is 20.3 Å². The second-order valence-electron chi connectivity index (χ2n) is 4.11. The third kappa shape index (κ3) is 3.91. The first-order valence-corrected chi connectivity index (χ1v) is 7.29. The van der Waals surface area contributed by atoms with Crippen molar-refractivity contribution in [2.24, 2.45) is 0 Å². The van der Waals surface area contributed by atoms with Gasteiger partial charge >= 0.3 is 0 Å². The number of carbonyl (C=O) groups is 1. The number of carbonyl (C=O) groups excluding carboxylic acids is 1. The van der Waals surface area contributed by atoms with E-state index in [0.29, 0.717) is 12.0 Å². The van der Waals surface area contributed by atoms with Crippen molar-refractivity contribution >= 4 is 37.6 Å². The first-order valence-electron chi connectivity index (χ1n) is 5.70. The van der Waals surface area contributed by atoms with Crippen LogP contribution >= 0.6 is 31.9 Å². The van der Waals surface area contributed by atoms with Crippen LogP contribution in [-0.2, 0) is 6.42 Å². The highest BCUT2D eigenvalue weighted by Gasteiger charge is 2.09. The van der Waals surface area contributed by atoms with E-state index in [1.165, 1.54) is 0 Å². The Kier molecular flexibility index (Phi) is 4.77. The summed E-state index contributed by atoms with van der Waals surface area (Å²) in [6, 6.07) is 13.1. The van der Waals surface area contributed by atoms with Gasteiger partial charge in [-0.1, -0.05) is 44.0 Å². The maximum Gasteiger partial charge on any atom is 0.167 e. The average molecular weight is 384 g/mol. The van der Waals surface area contributed by atoms with E-state index in [4.69, 9.17) is 4.74 Å². The van der Waals surface area contributed by atoms with Gasteiger partial charge in [0.15, 0.2) is 5.78 Å². The molecule has 0 spiro atoms. The maximum atomic E-state index is 12.2. The molecule has 0 unspecified atom stereocenters. The van der Waals surface area contributed by atoms with Gasteiger partial charge in [-0.2, -0.15) is 0 Å². The lowest BCUT2D eigenvalue weighted by Crippen LogP contribution is -2.03. The summed E-state index contributed by atoms with van der Waals surface area (Å²) in [6.07, 6.45) is 0.361. The predicted octanol–water partition coefficient (Wildman–Crippen LogP) is 4.65. The van der Waals surface area contributed by atoms with Gasteiger partial charge in [0.1, 0.15) is 5.75 Å². The topological polar surface area (TPSA) is 26.3 Å². The van der Waals surface area contributed by atoms with Crippen LogP contribution in [0.3, 0.4) is 0 Å². The van der Waals surface area contributed by atoms with Crippen LogP contribution in [0.5, 0.6) is 5.75 Å². The second kappa shape index (κ2) is 6.35. The van der Waals surface area contributed by atoms with Crippen molar-refractivity contribution in [1.29, 1.82) is 0 Å². The number of ether oxygens (including phenoxy) is 1. The molecule has 0 aliphatic carbocycles. The molecule has 0 amide bonds. The van der Waals surface area contributed by atoms with E-state index in [1.807, 2.05) is 42.5 Å². The maximum absolute atomic E-state index is 12.2. The zero-order valence-corrected chi connectivity index (χ0v) is 13.5. The molecule has 2 aromatic rings. The fourth-order valence-corrected chi connectivity index (χ4v) is 3.08. The molecule has 2 aromatic carbocycles. The first-order chi connectivity index (χ1) is 9.08. The number of halogens is 2. The van der Waals surface area contributed by atoms with Crippen LogP contribution in [0.2, 0.25) is 0 Å². The highest BCUT2D eigenvalue weighted by molar-refractivity contribution is 9.11. The van der Waals surface area contributed by atoms with Crippen molar-refractivity contribution in [2.75, 3.05) is 7.11 Å². The van der Waals surface area contributed by atoms with E-state index in [2.05, 4.69) is 31.9 Å². The van der Waals surface area contributed by atoms with Gasteiger partial charge in [-0.15, -0.1) is 0 Å². The van der Waals surface area contributed by atoms with Crippen molar-refractivity contribution in [3.05, 3.63) is 62.5 Å². The normalized spacial score (nSPS) is 10.3. The summed E-state index contributed by atoms with van der Waals surface area (Å²) in [5.74, 6) is 0.843. The van der Waals surface area contributed by atoms with E-state index in [-0.39, 0.29) is 5.78 Å². The van der Waals surface area contributed by atoms with Gasteiger partial charge in [0.25, 0.3) is 0 Å². The molecule has 0 fully saturated rings. The number of Topliss-reactive ketones (excluding diaryl/α,β-unsaturated/α-hetero) is 1. The molecule has 0 aromatic heterocycles. The minimum absolute atomic E-state index is 0.0789. The Bertz CT molecular complexity index is 589. The van der Waals surface area contributed by atoms with Gasteiger partial charge in [0.05, 0.1) is 7.11 Å². The monoisotopic (exact) mass is 382 g/mol. The van der Waals surface area contributed by atoms with Gasteiger partial charge in [-0.05, 0) is 35.9 Å². The summed E-state index contributed by atoms with van der Waals surface area (Å²) in [7, 11) is 1.62. The Morgan fingerprint density at radius 2 is 1.79 bits per heavy atom. The Balaban J connectivity index is 2.20. The molecule has 0 saturated heterocycles. The average Bonchev–Trinajstić information content (AvgIpc) is 2.37. The van der Waals surface area contributed by atoms with Gasteiger partial charge in [0, 0.05) is 20.9 Å². The summed E-state index contributed by atoms with van der Waals surface area (Å²) >= 11 is 6.77. The molecule has 0 aliphatic rings. The molecule has 0 atom stereocenters. The highest BCUT2D eigenvalue weighted by Crippen LogP contribution is 2.22. The van der Waals surface area contributed by atoms with Crippen molar-refractivity contribution in [2.45, 2.75) is 6.42 Å². The molecule has 0 N–H and O–H groups in total. The van der Waals surface area contributed by atoms with Crippen molar-refractivity contribution < 1.29 is 9.53 Å². The molecular weight excluding hydrogens is 372 g/mol. The minimum atomic E-state index is 0.0789. The zero-order valence-electron chi connectivity index (χ0n) is 10.3. The number of hydrogen-bond acceptors (Lipinski definition) is 2. The SMILES string of the molecule is COc1cccc(CC(=O)c2cc(Br)cc(Br)c2)c1. The van der Waals surface area contributed by atoms with Gasteiger partial charge in [-0.25, -0.2) is 0 Å². The van der Waals surface area contributed by atoms with Crippen molar-refractivity contribution in [3.8, 4) is 5.75 Å². The smallest absolute Gasteiger partial charge is 0.167 e.